The second-order valence-electron chi connectivity index (χ2n) is 5.84. The molecule has 1 fully saturated rings. The molecule has 3 rings (SSSR count). The molecule has 0 heterocycles. The molecule has 1 aliphatic carbocycles. The van der Waals surface area contributed by atoms with E-state index in [0.29, 0.717) is 18.5 Å². The summed E-state index contributed by atoms with van der Waals surface area (Å²) >= 11 is 0. The van der Waals surface area contributed by atoms with Gasteiger partial charge in [0.05, 0.1) is 5.25 Å². The van der Waals surface area contributed by atoms with Crippen LogP contribution in [0.15, 0.2) is 54.6 Å². The van der Waals surface area contributed by atoms with Gasteiger partial charge in [-0.2, -0.15) is 0 Å². The highest BCUT2D eigenvalue weighted by Crippen LogP contribution is 2.27. The lowest BCUT2D eigenvalue weighted by Crippen LogP contribution is -2.33. The molecule has 0 saturated heterocycles. The van der Waals surface area contributed by atoms with Crippen molar-refractivity contribution < 1.29 is 18.0 Å². The predicted molar refractivity (Wildman–Crippen MR) is 101 cm³/mol. The number of carbonyl (C=O) groups is 2. The van der Waals surface area contributed by atoms with Crippen molar-refractivity contribution in [3.05, 3.63) is 60.2 Å². The van der Waals surface area contributed by atoms with Gasteiger partial charge in [-0.15, -0.1) is 0 Å². The molecule has 8 heteroatoms. The Kier molecular flexibility index (Phi) is 6.35. The second kappa shape index (κ2) is 8.48. The fourth-order valence-corrected chi connectivity index (χ4v) is 3.31. The van der Waals surface area contributed by atoms with Crippen molar-refractivity contribution in [2.75, 3.05) is 11.1 Å². The van der Waals surface area contributed by atoms with E-state index in [1.54, 1.807) is 12.1 Å². The minimum absolute atomic E-state index is 0.214. The summed E-state index contributed by atoms with van der Waals surface area (Å²) in [5, 5.41) is 2.12. The minimum Gasteiger partial charge on any atom is -0.399 e. The maximum absolute atomic E-state index is 11.7. The molecule has 0 aromatic heterocycles. The van der Waals surface area contributed by atoms with Crippen LogP contribution in [0.5, 0.6) is 0 Å². The third kappa shape index (κ3) is 6.21. The number of amides is 2. The molecule has 2 aromatic carbocycles. The summed E-state index contributed by atoms with van der Waals surface area (Å²) in [6.07, 6.45) is 1.20. The summed E-state index contributed by atoms with van der Waals surface area (Å²) in [5.74, 6) is -0.866. The van der Waals surface area contributed by atoms with E-state index < -0.39 is 21.2 Å². The molecule has 0 radical (unpaired) electrons. The molecule has 138 valence electrons. The van der Waals surface area contributed by atoms with Crippen LogP contribution < -0.4 is 15.8 Å². The predicted octanol–water partition coefficient (Wildman–Crippen LogP) is 2.14. The van der Waals surface area contributed by atoms with Crippen LogP contribution in [0, 0.1) is 0 Å². The number of nitrogens with one attached hydrogen (secondary N) is 2. The highest BCUT2D eigenvalue weighted by molar-refractivity contribution is 7.91. The van der Waals surface area contributed by atoms with Gasteiger partial charge >= 0.3 is 0 Å². The van der Waals surface area contributed by atoms with E-state index in [2.05, 4.69) is 5.32 Å². The maximum atomic E-state index is 11.7. The molecule has 0 aliphatic heterocycles. The van der Waals surface area contributed by atoms with Crippen LogP contribution >= 0.6 is 0 Å². The highest BCUT2D eigenvalue weighted by Gasteiger charge is 2.36. The Balaban J connectivity index is 0.000000290. The Morgan fingerprint density at radius 2 is 1.58 bits per heavy atom. The molecule has 7 nitrogen and oxygen atoms in total. The first-order valence-corrected chi connectivity index (χ1v) is 9.56. The zero-order chi connectivity index (χ0) is 19.2. The SMILES string of the molecule is CC(=O)Nc1ccc(C(=O)NS(=O)(=O)C2CC2)cc1.Nc1ccccc1. The first-order chi connectivity index (χ1) is 12.3. The van der Waals surface area contributed by atoms with Crippen molar-refractivity contribution in [3.8, 4) is 0 Å². The van der Waals surface area contributed by atoms with Crippen LogP contribution in [-0.2, 0) is 14.8 Å². The van der Waals surface area contributed by atoms with Crippen LogP contribution in [0.3, 0.4) is 0 Å². The molecule has 2 aromatic rings. The molecule has 0 spiro atoms. The largest absolute Gasteiger partial charge is 0.399 e. The lowest BCUT2D eigenvalue weighted by Gasteiger charge is -2.06. The summed E-state index contributed by atoms with van der Waals surface area (Å²) in [7, 11) is -3.53. The number of benzene rings is 2. The van der Waals surface area contributed by atoms with Crippen molar-refractivity contribution >= 4 is 33.2 Å². The molecular weight excluding hydrogens is 354 g/mol. The summed E-state index contributed by atoms with van der Waals surface area (Å²) in [5.41, 5.74) is 6.96. The summed E-state index contributed by atoms with van der Waals surface area (Å²) in [6.45, 7) is 1.38. The monoisotopic (exact) mass is 375 g/mol. The second-order valence-corrected chi connectivity index (χ2v) is 7.81. The molecule has 2 amide bonds. The van der Waals surface area contributed by atoms with Crippen molar-refractivity contribution in [2.24, 2.45) is 0 Å². The van der Waals surface area contributed by atoms with Gasteiger partial charge < -0.3 is 11.1 Å². The van der Waals surface area contributed by atoms with Gasteiger partial charge in [0, 0.05) is 23.9 Å². The number of anilines is 2. The number of nitrogens with two attached hydrogens (primary N) is 1. The average molecular weight is 375 g/mol. The van der Waals surface area contributed by atoms with Gasteiger partial charge in [-0.1, -0.05) is 18.2 Å². The van der Waals surface area contributed by atoms with Crippen LogP contribution in [0.4, 0.5) is 11.4 Å². The fraction of sp³-hybridized carbons (Fsp3) is 0.222. The Morgan fingerprint density at radius 3 is 2.00 bits per heavy atom. The Morgan fingerprint density at radius 1 is 1.00 bits per heavy atom. The van der Waals surface area contributed by atoms with Crippen molar-refractivity contribution in [3.63, 3.8) is 0 Å². The lowest BCUT2D eigenvalue weighted by atomic mass is 10.2. The number of hydrogen-bond donors (Lipinski definition) is 3. The molecule has 0 bridgehead atoms. The van der Waals surface area contributed by atoms with E-state index in [4.69, 9.17) is 5.73 Å². The zero-order valence-electron chi connectivity index (χ0n) is 14.3. The molecule has 4 N–H and O–H groups in total. The third-order valence-electron chi connectivity index (χ3n) is 3.47. The topological polar surface area (TPSA) is 118 Å². The van der Waals surface area contributed by atoms with Gasteiger partial charge in [0.15, 0.2) is 0 Å². The third-order valence-corrected chi connectivity index (χ3v) is 5.28. The van der Waals surface area contributed by atoms with Crippen LogP contribution in [-0.4, -0.2) is 25.5 Å². The van der Waals surface area contributed by atoms with Gasteiger partial charge in [-0.25, -0.2) is 13.1 Å². The van der Waals surface area contributed by atoms with E-state index >= 15 is 0 Å². The van der Waals surface area contributed by atoms with E-state index in [1.165, 1.54) is 19.1 Å². The molecular formula is C18H21N3O4S. The quantitative estimate of drug-likeness (QED) is 0.708. The Hall–Kier alpha value is -2.87. The fourth-order valence-electron chi connectivity index (χ4n) is 2.01. The Bertz CT molecular complexity index is 861. The summed E-state index contributed by atoms with van der Waals surface area (Å²) in [6, 6.07) is 15.5. The zero-order valence-corrected chi connectivity index (χ0v) is 15.1. The van der Waals surface area contributed by atoms with E-state index in [1.807, 2.05) is 35.1 Å². The summed E-state index contributed by atoms with van der Waals surface area (Å²) < 4.78 is 25.2. The number of rotatable bonds is 4. The molecule has 26 heavy (non-hydrogen) atoms. The molecule has 1 aliphatic rings. The molecule has 0 unspecified atom stereocenters. The van der Waals surface area contributed by atoms with E-state index in [9.17, 15) is 18.0 Å². The van der Waals surface area contributed by atoms with E-state index in [-0.39, 0.29) is 11.5 Å². The van der Waals surface area contributed by atoms with Crippen molar-refractivity contribution in [1.29, 1.82) is 0 Å². The number of nitrogen functional groups attached to an aromatic ring is 1. The normalized spacial score (nSPS) is 13.1. The Labute approximate surface area is 152 Å². The number of sulfonamides is 1. The van der Waals surface area contributed by atoms with E-state index in [0.717, 1.165) is 5.69 Å². The smallest absolute Gasteiger partial charge is 0.264 e. The summed E-state index contributed by atoms with van der Waals surface area (Å²) in [4.78, 5) is 22.6. The standard InChI is InChI=1S/C12H14N2O4S.C6H7N/c1-8(15)13-10-4-2-9(3-5-10)12(16)14-19(17,18)11-6-7-11;7-6-4-2-1-3-5-6/h2-5,11H,6-7H2,1H3,(H,13,15)(H,14,16);1-5H,7H2. The average Bonchev–Trinajstić information content (AvgIpc) is 3.41. The highest BCUT2D eigenvalue weighted by atomic mass is 32.2. The van der Waals surface area contributed by atoms with Gasteiger partial charge in [0.25, 0.3) is 5.91 Å². The first-order valence-electron chi connectivity index (χ1n) is 8.02. The van der Waals surface area contributed by atoms with Gasteiger partial charge in [0.2, 0.25) is 15.9 Å². The van der Waals surface area contributed by atoms with Crippen molar-refractivity contribution in [1.82, 2.24) is 4.72 Å². The number of hydrogen-bond acceptors (Lipinski definition) is 5. The minimum atomic E-state index is -3.53. The lowest BCUT2D eigenvalue weighted by molar-refractivity contribution is -0.114. The van der Waals surface area contributed by atoms with Crippen molar-refractivity contribution in [2.45, 2.75) is 25.0 Å². The number of para-hydroxylation sites is 1. The first kappa shape index (κ1) is 19.5. The van der Waals surface area contributed by atoms with Gasteiger partial charge in [-0.3, -0.25) is 9.59 Å². The van der Waals surface area contributed by atoms with Crippen LogP contribution in [0.25, 0.3) is 0 Å². The maximum Gasteiger partial charge on any atom is 0.264 e. The van der Waals surface area contributed by atoms with Gasteiger partial charge in [-0.05, 0) is 49.2 Å². The number of carbonyl (C=O) groups excluding carboxylic acids is 2. The molecule has 0 atom stereocenters. The molecule has 1 saturated carbocycles. The van der Waals surface area contributed by atoms with Gasteiger partial charge in [0.1, 0.15) is 0 Å². The van der Waals surface area contributed by atoms with Crippen LogP contribution in [0.2, 0.25) is 0 Å². The van der Waals surface area contributed by atoms with Crippen LogP contribution in [0.1, 0.15) is 30.1 Å².